The van der Waals surface area contributed by atoms with Crippen LogP contribution < -0.4 is 10.2 Å². The summed E-state index contributed by atoms with van der Waals surface area (Å²) in [7, 11) is 1.41. The molecule has 1 unspecified atom stereocenters. The second-order valence-corrected chi connectivity index (χ2v) is 10.1. The van der Waals surface area contributed by atoms with Gasteiger partial charge in [-0.2, -0.15) is 0 Å². The van der Waals surface area contributed by atoms with Gasteiger partial charge in [0.25, 0.3) is 0 Å². The maximum atomic E-state index is 13.3. The molecule has 3 rings (SSSR count). The molecule has 1 N–H and O–H groups in total. The van der Waals surface area contributed by atoms with E-state index in [1.807, 2.05) is 40.1 Å². The highest BCUT2D eigenvalue weighted by molar-refractivity contribution is 5.94. The van der Waals surface area contributed by atoms with Gasteiger partial charge < -0.3 is 15.0 Å². The summed E-state index contributed by atoms with van der Waals surface area (Å²) in [4.78, 5) is 28.8. The van der Waals surface area contributed by atoms with Crippen molar-refractivity contribution in [3.8, 4) is 0 Å². The van der Waals surface area contributed by atoms with Gasteiger partial charge in [-0.05, 0) is 71.4 Å². The molecule has 166 valence electrons. The second-order valence-electron chi connectivity index (χ2n) is 10.1. The molecule has 1 atom stereocenters. The Morgan fingerprint density at radius 3 is 2.33 bits per heavy atom. The summed E-state index contributed by atoms with van der Waals surface area (Å²) in [5.41, 5.74) is 1.11. The van der Waals surface area contributed by atoms with E-state index in [-0.39, 0.29) is 29.1 Å². The standard InChI is InChI=1S/C24H37N3O3/c1-23(2)15-18(16-24(3,4)25-23)13-14-26-20(11-12-21(28)30-5)17-27(22(26)29)19-9-7-6-8-10-19/h6-10,18,20,25H,11-17H2,1-5H3. The van der Waals surface area contributed by atoms with Gasteiger partial charge in [-0.25, -0.2) is 4.79 Å². The number of hydrogen-bond donors (Lipinski definition) is 1. The summed E-state index contributed by atoms with van der Waals surface area (Å²) < 4.78 is 4.82. The number of rotatable bonds is 7. The first-order chi connectivity index (χ1) is 14.1. The maximum Gasteiger partial charge on any atom is 0.324 e. The van der Waals surface area contributed by atoms with E-state index in [2.05, 4.69) is 33.0 Å². The zero-order valence-corrected chi connectivity index (χ0v) is 19.1. The molecule has 30 heavy (non-hydrogen) atoms. The normalized spacial score (nSPS) is 23.6. The van der Waals surface area contributed by atoms with Gasteiger partial charge in [0, 0.05) is 36.3 Å². The van der Waals surface area contributed by atoms with Crippen molar-refractivity contribution in [1.29, 1.82) is 0 Å². The Bertz CT molecular complexity index is 731. The monoisotopic (exact) mass is 415 g/mol. The van der Waals surface area contributed by atoms with E-state index in [1.165, 1.54) is 7.11 Å². The van der Waals surface area contributed by atoms with Gasteiger partial charge in [0.1, 0.15) is 0 Å². The minimum Gasteiger partial charge on any atom is -0.469 e. The molecule has 6 heteroatoms. The molecule has 2 aliphatic heterocycles. The number of carbonyl (C=O) groups excluding carboxylic acids is 2. The van der Waals surface area contributed by atoms with Gasteiger partial charge in [-0.15, -0.1) is 0 Å². The van der Waals surface area contributed by atoms with Crippen LogP contribution in [0.3, 0.4) is 0 Å². The third-order valence-electron chi connectivity index (χ3n) is 6.34. The molecule has 0 saturated carbocycles. The summed E-state index contributed by atoms with van der Waals surface area (Å²) in [6.45, 7) is 10.4. The largest absolute Gasteiger partial charge is 0.469 e. The van der Waals surface area contributed by atoms with E-state index in [0.717, 1.165) is 31.5 Å². The molecule has 2 amide bonds. The molecule has 6 nitrogen and oxygen atoms in total. The van der Waals surface area contributed by atoms with Crippen LogP contribution in [0, 0.1) is 5.92 Å². The van der Waals surface area contributed by atoms with E-state index in [4.69, 9.17) is 4.74 Å². The fourth-order valence-corrected chi connectivity index (χ4v) is 5.49. The predicted octanol–water partition coefficient (Wildman–Crippen LogP) is 4.20. The molecule has 0 radical (unpaired) electrons. The third kappa shape index (κ3) is 5.54. The number of ether oxygens (including phenoxy) is 1. The average molecular weight is 416 g/mol. The van der Waals surface area contributed by atoms with Crippen molar-refractivity contribution < 1.29 is 14.3 Å². The summed E-state index contributed by atoms with van der Waals surface area (Å²) in [5.74, 6) is 0.346. The lowest BCUT2D eigenvalue weighted by atomic mass is 9.74. The molecule has 0 spiro atoms. The smallest absolute Gasteiger partial charge is 0.324 e. The van der Waals surface area contributed by atoms with E-state index in [0.29, 0.717) is 25.3 Å². The summed E-state index contributed by atoms with van der Waals surface area (Å²) in [6.07, 6.45) is 4.16. The summed E-state index contributed by atoms with van der Waals surface area (Å²) in [6, 6.07) is 9.87. The topological polar surface area (TPSA) is 61.9 Å². The number of nitrogens with zero attached hydrogens (tertiary/aromatic N) is 2. The van der Waals surface area contributed by atoms with Gasteiger partial charge in [0.15, 0.2) is 0 Å². The van der Waals surface area contributed by atoms with E-state index in [9.17, 15) is 9.59 Å². The maximum absolute atomic E-state index is 13.3. The SMILES string of the molecule is COC(=O)CCC1CN(c2ccccc2)C(=O)N1CCC1CC(C)(C)NC(C)(C)C1. The van der Waals surface area contributed by atoms with Crippen molar-refractivity contribution in [3.63, 3.8) is 0 Å². The first kappa shape index (κ1) is 22.6. The first-order valence-electron chi connectivity index (χ1n) is 11.1. The number of methoxy groups -OCH3 is 1. The highest BCUT2D eigenvalue weighted by Gasteiger charge is 2.40. The fourth-order valence-electron chi connectivity index (χ4n) is 5.49. The lowest BCUT2D eigenvalue weighted by Gasteiger charge is -2.47. The molecule has 1 aromatic carbocycles. The molecule has 2 saturated heterocycles. The number of anilines is 1. The molecule has 0 bridgehead atoms. The number of para-hydroxylation sites is 1. The Balaban J connectivity index is 1.70. The zero-order valence-electron chi connectivity index (χ0n) is 19.1. The van der Waals surface area contributed by atoms with Crippen LogP contribution in [0.1, 0.15) is 59.8 Å². The van der Waals surface area contributed by atoms with Crippen molar-refractivity contribution in [1.82, 2.24) is 10.2 Å². The van der Waals surface area contributed by atoms with Gasteiger partial charge in [0.05, 0.1) is 13.2 Å². The molecular formula is C24H37N3O3. The van der Waals surface area contributed by atoms with Crippen molar-refractivity contribution in [2.24, 2.45) is 5.92 Å². The summed E-state index contributed by atoms with van der Waals surface area (Å²) in [5, 5.41) is 3.74. The van der Waals surface area contributed by atoms with Crippen molar-refractivity contribution in [2.45, 2.75) is 76.9 Å². The van der Waals surface area contributed by atoms with Crippen molar-refractivity contribution >= 4 is 17.7 Å². The zero-order chi connectivity index (χ0) is 21.9. The number of nitrogens with one attached hydrogen (secondary N) is 1. The van der Waals surface area contributed by atoms with Crippen LogP contribution in [0.2, 0.25) is 0 Å². The highest BCUT2D eigenvalue weighted by atomic mass is 16.5. The minimum absolute atomic E-state index is 0.0274. The van der Waals surface area contributed by atoms with Gasteiger partial charge in [-0.1, -0.05) is 18.2 Å². The van der Waals surface area contributed by atoms with E-state index in [1.54, 1.807) is 0 Å². The molecular weight excluding hydrogens is 378 g/mol. The van der Waals surface area contributed by atoms with Crippen molar-refractivity contribution in [3.05, 3.63) is 30.3 Å². The minimum atomic E-state index is -0.220. The Hall–Kier alpha value is -2.08. The van der Waals surface area contributed by atoms with Gasteiger partial charge >= 0.3 is 12.0 Å². The highest BCUT2D eigenvalue weighted by Crippen LogP contribution is 2.35. The van der Waals surface area contributed by atoms with Crippen LogP contribution >= 0.6 is 0 Å². The average Bonchev–Trinajstić information content (AvgIpc) is 2.98. The Morgan fingerprint density at radius 1 is 1.10 bits per heavy atom. The van der Waals surface area contributed by atoms with Crippen molar-refractivity contribution in [2.75, 3.05) is 25.1 Å². The van der Waals surface area contributed by atoms with Crippen LogP contribution in [-0.4, -0.2) is 54.2 Å². The Kier molecular flexibility index (Phi) is 6.75. The number of benzene rings is 1. The van der Waals surface area contributed by atoms with Gasteiger partial charge in [0.2, 0.25) is 0 Å². The second kappa shape index (κ2) is 8.96. The number of urea groups is 1. The lowest BCUT2D eigenvalue weighted by Crippen LogP contribution is -2.58. The van der Waals surface area contributed by atoms with E-state index >= 15 is 0 Å². The Labute approximate surface area is 180 Å². The fraction of sp³-hybridized carbons (Fsp3) is 0.667. The molecule has 0 aliphatic carbocycles. The molecule has 2 heterocycles. The lowest BCUT2D eigenvalue weighted by molar-refractivity contribution is -0.140. The van der Waals surface area contributed by atoms with Crippen LogP contribution in [0.15, 0.2) is 30.3 Å². The number of carbonyl (C=O) groups is 2. The molecule has 1 aromatic rings. The van der Waals surface area contributed by atoms with Crippen LogP contribution in [0.25, 0.3) is 0 Å². The number of piperidine rings is 1. The Morgan fingerprint density at radius 2 is 1.73 bits per heavy atom. The first-order valence-corrected chi connectivity index (χ1v) is 11.1. The van der Waals surface area contributed by atoms with Crippen LogP contribution in [0.5, 0.6) is 0 Å². The van der Waals surface area contributed by atoms with Crippen LogP contribution in [-0.2, 0) is 9.53 Å². The molecule has 2 aliphatic rings. The number of esters is 1. The van der Waals surface area contributed by atoms with E-state index < -0.39 is 0 Å². The number of amides is 2. The summed E-state index contributed by atoms with van der Waals surface area (Å²) >= 11 is 0. The third-order valence-corrected chi connectivity index (χ3v) is 6.34. The molecule has 2 fully saturated rings. The quantitative estimate of drug-likeness (QED) is 0.678. The predicted molar refractivity (Wildman–Crippen MR) is 120 cm³/mol. The molecule has 0 aromatic heterocycles. The van der Waals surface area contributed by atoms with Gasteiger partial charge in [-0.3, -0.25) is 9.69 Å². The number of hydrogen-bond acceptors (Lipinski definition) is 4. The van der Waals surface area contributed by atoms with Crippen LogP contribution in [0.4, 0.5) is 10.5 Å².